The molecule has 166 valence electrons. The van der Waals surface area contributed by atoms with Crippen LogP contribution < -0.4 is 5.32 Å². The van der Waals surface area contributed by atoms with Crippen LogP contribution in [0.1, 0.15) is 28.7 Å². The van der Waals surface area contributed by atoms with Crippen molar-refractivity contribution in [1.82, 2.24) is 30.2 Å². The Morgan fingerprint density at radius 3 is 2.45 bits per heavy atom. The standard InChI is InChI=1S/C23H17F3N6O/c1-23(25,26)20-9-15(4-5-29-20)21-17(24)8-14(10-31-21)11-32-22(33)18-3-2-16(12-30-18)19-13-27-6-7-28-19/h2-10,12-13H,11H2,1H3,(H,32,33). The third-order valence-electron chi connectivity index (χ3n) is 4.69. The van der Waals surface area contributed by atoms with Gasteiger partial charge in [-0.25, -0.2) is 4.39 Å². The zero-order chi connectivity index (χ0) is 23.4. The Kier molecular flexibility index (Phi) is 6.07. The van der Waals surface area contributed by atoms with Gasteiger partial charge in [-0.1, -0.05) is 0 Å². The van der Waals surface area contributed by atoms with Gasteiger partial charge in [-0.05, 0) is 35.9 Å². The van der Waals surface area contributed by atoms with E-state index in [1.54, 1.807) is 30.7 Å². The van der Waals surface area contributed by atoms with Gasteiger partial charge in [0, 0.05) is 55.6 Å². The van der Waals surface area contributed by atoms with Crippen LogP contribution in [0.2, 0.25) is 0 Å². The molecule has 0 atom stereocenters. The average Bonchev–Trinajstić information content (AvgIpc) is 2.83. The van der Waals surface area contributed by atoms with Gasteiger partial charge in [-0.15, -0.1) is 0 Å². The largest absolute Gasteiger partial charge is 0.347 e. The molecule has 0 fully saturated rings. The lowest BCUT2D eigenvalue weighted by Gasteiger charge is -2.11. The molecule has 0 bridgehead atoms. The number of carbonyl (C=O) groups excluding carboxylic acids is 1. The van der Waals surface area contributed by atoms with Crippen LogP contribution in [0.3, 0.4) is 0 Å². The number of hydrogen-bond acceptors (Lipinski definition) is 6. The van der Waals surface area contributed by atoms with E-state index in [0.29, 0.717) is 23.7 Å². The number of carbonyl (C=O) groups is 1. The monoisotopic (exact) mass is 450 g/mol. The van der Waals surface area contributed by atoms with E-state index in [2.05, 4.69) is 30.2 Å². The van der Waals surface area contributed by atoms with Gasteiger partial charge in [0.25, 0.3) is 11.8 Å². The Morgan fingerprint density at radius 2 is 1.79 bits per heavy atom. The smallest absolute Gasteiger partial charge is 0.286 e. The number of alkyl halides is 2. The molecule has 10 heteroatoms. The van der Waals surface area contributed by atoms with Crippen molar-refractivity contribution in [3.63, 3.8) is 0 Å². The van der Waals surface area contributed by atoms with Crippen molar-refractivity contribution in [2.24, 2.45) is 0 Å². The van der Waals surface area contributed by atoms with Crippen molar-refractivity contribution in [3.05, 3.63) is 90.3 Å². The number of aromatic nitrogens is 5. The SMILES string of the molecule is CC(F)(F)c1cc(-c2ncc(CNC(=O)c3ccc(-c4cnccn4)cn3)cc2F)ccn1. The second-order valence-electron chi connectivity index (χ2n) is 7.20. The fourth-order valence-corrected chi connectivity index (χ4v) is 3.01. The molecule has 0 radical (unpaired) electrons. The highest BCUT2D eigenvalue weighted by molar-refractivity contribution is 5.92. The molecule has 0 spiro atoms. The van der Waals surface area contributed by atoms with Gasteiger partial charge in [-0.3, -0.25) is 29.7 Å². The van der Waals surface area contributed by atoms with E-state index < -0.39 is 23.3 Å². The summed E-state index contributed by atoms with van der Waals surface area (Å²) in [5, 5.41) is 2.64. The molecule has 0 aliphatic carbocycles. The molecular weight excluding hydrogens is 433 g/mol. The number of nitrogens with zero attached hydrogens (tertiary/aromatic N) is 5. The van der Waals surface area contributed by atoms with E-state index in [9.17, 15) is 18.0 Å². The Hall–Kier alpha value is -4.21. The van der Waals surface area contributed by atoms with Crippen LogP contribution in [0, 0.1) is 5.82 Å². The minimum absolute atomic E-state index is 0.00521. The summed E-state index contributed by atoms with van der Waals surface area (Å²) in [4.78, 5) is 32.3. The first kappa shape index (κ1) is 22.0. The Morgan fingerprint density at radius 1 is 0.939 bits per heavy atom. The summed E-state index contributed by atoms with van der Waals surface area (Å²) in [5.41, 5.74) is 1.54. The molecule has 4 rings (SSSR count). The topological polar surface area (TPSA) is 93.6 Å². The Bertz CT molecular complexity index is 1280. The van der Waals surface area contributed by atoms with Gasteiger partial charge in [0.1, 0.15) is 22.9 Å². The predicted octanol–water partition coefficient (Wildman–Crippen LogP) is 4.18. The van der Waals surface area contributed by atoms with Gasteiger partial charge in [0.2, 0.25) is 0 Å². The van der Waals surface area contributed by atoms with Crippen LogP contribution in [0.5, 0.6) is 0 Å². The van der Waals surface area contributed by atoms with Crippen molar-refractivity contribution in [2.75, 3.05) is 0 Å². The van der Waals surface area contributed by atoms with Crippen molar-refractivity contribution >= 4 is 5.91 Å². The molecule has 4 aromatic rings. The maximum absolute atomic E-state index is 14.6. The molecule has 0 saturated heterocycles. The van der Waals surface area contributed by atoms with E-state index in [0.717, 1.165) is 6.07 Å². The highest BCUT2D eigenvalue weighted by Gasteiger charge is 2.26. The molecule has 0 unspecified atom stereocenters. The summed E-state index contributed by atoms with van der Waals surface area (Å²) in [6, 6.07) is 6.94. The lowest BCUT2D eigenvalue weighted by atomic mass is 10.1. The molecule has 0 aromatic carbocycles. The molecule has 1 amide bonds. The molecule has 0 aliphatic rings. The van der Waals surface area contributed by atoms with Crippen LogP contribution in [-0.2, 0) is 12.5 Å². The fourth-order valence-electron chi connectivity index (χ4n) is 3.01. The summed E-state index contributed by atoms with van der Waals surface area (Å²) in [7, 11) is 0. The van der Waals surface area contributed by atoms with Gasteiger partial charge in [0.15, 0.2) is 0 Å². The summed E-state index contributed by atoms with van der Waals surface area (Å²) in [5.74, 6) is -4.31. The zero-order valence-corrected chi connectivity index (χ0v) is 17.3. The first-order valence-corrected chi connectivity index (χ1v) is 9.81. The van der Waals surface area contributed by atoms with E-state index in [1.165, 1.54) is 30.7 Å². The minimum atomic E-state index is -3.16. The number of rotatable bonds is 6. The summed E-state index contributed by atoms with van der Waals surface area (Å²) in [6.45, 7) is 0.720. The van der Waals surface area contributed by atoms with Gasteiger partial charge in [0.05, 0.1) is 11.9 Å². The minimum Gasteiger partial charge on any atom is -0.347 e. The van der Waals surface area contributed by atoms with Crippen molar-refractivity contribution in [2.45, 2.75) is 19.4 Å². The van der Waals surface area contributed by atoms with Crippen molar-refractivity contribution in [3.8, 4) is 22.5 Å². The Labute approximate surface area is 186 Å². The van der Waals surface area contributed by atoms with Crippen LogP contribution in [0.4, 0.5) is 13.2 Å². The van der Waals surface area contributed by atoms with E-state index >= 15 is 0 Å². The number of halogens is 3. The third kappa shape index (κ3) is 5.17. The fraction of sp³-hybridized carbons (Fsp3) is 0.130. The van der Waals surface area contributed by atoms with E-state index in [-0.39, 0.29) is 23.5 Å². The normalized spacial score (nSPS) is 11.3. The maximum atomic E-state index is 14.6. The Balaban J connectivity index is 1.43. The van der Waals surface area contributed by atoms with Crippen molar-refractivity contribution in [1.29, 1.82) is 0 Å². The summed E-state index contributed by atoms with van der Waals surface area (Å²) in [6.07, 6.45) is 8.76. The summed E-state index contributed by atoms with van der Waals surface area (Å²) >= 11 is 0. The van der Waals surface area contributed by atoms with E-state index in [4.69, 9.17) is 0 Å². The first-order valence-electron chi connectivity index (χ1n) is 9.81. The van der Waals surface area contributed by atoms with Gasteiger partial charge < -0.3 is 5.32 Å². The van der Waals surface area contributed by atoms with Gasteiger partial charge >= 0.3 is 0 Å². The second kappa shape index (κ2) is 9.11. The lowest BCUT2D eigenvalue weighted by Crippen LogP contribution is -2.24. The van der Waals surface area contributed by atoms with Crippen molar-refractivity contribution < 1.29 is 18.0 Å². The number of nitrogens with one attached hydrogen (secondary N) is 1. The quantitative estimate of drug-likeness (QED) is 0.474. The zero-order valence-electron chi connectivity index (χ0n) is 17.3. The van der Waals surface area contributed by atoms with Crippen LogP contribution in [-0.4, -0.2) is 30.8 Å². The highest BCUT2D eigenvalue weighted by Crippen LogP contribution is 2.29. The number of pyridine rings is 3. The molecule has 4 heterocycles. The molecule has 33 heavy (non-hydrogen) atoms. The van der Waals surface area contributed by atoms with Crippen LogP contribution in [0.15, 0.2) is 67.5 Å². The summed E-state index contributed by atoms with van der Waals surface area (Å²) < 4.78 is 41.6. The maximum Gasteiger partial charge on any atom is 0.286 e. The van der Waals surface area contributed by atoms with Crippen LogP contribution in [0.25, 0.3) is 22.5 Å². The molecule has 1 N–H and O–H groups in total. The first-order chi connectivity index (χ1) is 15.8. The molecule has 7 nitrogen and oxygen atoms in total. The van der Waals surface area contributed by atoms with Gasteiger partial charge in [-0.2, -0.15) is 8.78 Å². The average molecular weight is 450 g/mol. The second-order valence-corrected chi connectivity index (χ2v) is 7.20. The molecular formula is C23H17F3N6O. The third-order valence-corrected chi connectivity index (χ3v) is 4.69. The lowest BCUT2D eigenvalue weighted by molar-refractivity contribution is 0.0128. The van der Waals surface area contributed by atoms with Crippen LogP contribution >= 0.6 is 0 Å². The molecule has 4 aromatic heterocycles. The number of amides is 1. The predicted molar refractivity (Wildman–Crippen MR) is 113 cm³/mol. The highest BCUT2D eigenvalue weighted by atomic mass is 19.3. The molecule has 0 aliphatic heterocycles. The van der Waals surface area contributed by atoms with E-state index in [1.807, 2.05) is 0 Å². The number of hydrogen-bond donors (Lipinski definition) is 1. The molecule has 0 saturated carbocycles.